The van der Waals surface area contributed by atoms with E-state index in [4.69, 9.17) is 4.18 Å². The van der Waals surface area contributed by atoms with Crippen molar-refractivity contribution in [2.24, 2.45) is 11.8 Å². The van der Waals surface area contributed by atoms with E-state index < -0.39 is 60.5 Å². The standard InChI is InChI=1S/C18H15S.C15H24F4O6S2/c1-4-10-16(11-5-1)19(17-12-6-2-7-13-17)18-14-8-3-9-15-18;1-3-4-5-10(2)26(20,21)25-13-7-6-11(9-13)8-12(13)14(16,17)15(18,19)27(22,23)24/h1-15H;10-12H,3-9H2,1-2H3,(H,22,23,24)/q+1;/p-1. The van der Waals surface area contributed by atoms with Gasteiger partial charge in [0.25, 0.3) is 10.1 Å². The van der Waals surface area contributed by atoms with Crippen molar-refractivity contribution < 1.29 is 43.1 Å². The van der Waals surface area contributed by atoms with Crippen LogP contribution in [-0.2, 0) is 35.3 Å². The number of alkyl halides is 4. The summed E-state index contributed by atoms with van der Waals surface area (Å²) in [5.74, 6) is -8.12. The molecule has 2 aliphatic carbocycles. The minimum atomic E-state index is -6.65. The third-order valence-electron chi connectivity index (χ3n) is 8.63. The summed E-state index contributed by atoms with van der Waals surface area (Å²) >= 11 is 0. The molecule has 2 bridgehead atoms. The van der Waals surface area contributed by atoms with E-state index in [1.807, 2.05) is 6.92 Å². The zero-order valence-electron chi connectivity index (χ0n) is 25.5. The van der Waals surface area contributed by atoms with Crippen LogP contribution in [0, 0.1) is 11.8 Å². The number of unbranched alkanes of at least 4 members (excludes halogenated alkanes) is 1. The number of hydrogen-bond acceptors (Lipinski definition) is 6. The van der Waals surface area contributed by atoms with Gasteiger partial charge in [-0.2, -0.15) is 26.0 Å². The normalized spacial score (nSPS) is 22.3. The first kappa shape index (κ1) is 36.4. The molecule has 4 unspecified atom stereocenters. The maximum atomic E-state index is 14.5. The lowest BCUT2D eigenvalue weighted by Crippen LogP contribution is -2.58. The summed E-state index contributed by atoms with van der Waals surface area (Å²) < 4.78 is 119. The van der Waals surface area contributed by atoms with Crippen LogP contribution in [0.25, 0.3) is 0 Å². The second-order valence-corrected chi connectivity index (χ2v) is 17.2. The molecule has 2 saturated carbocycles. The molecule has 0 heterocycles. The highest BCUT2D eigenvalue weighted by atomic mass is 32.2. The third-order valence-corrected chi connectivity index (χ3v) is 13.5. The zero-order valence-corrected chi connectivity index (χ0v) is 28.0. The Kier molecular flexibility index (Phi) is 11.4. The van der Waals surface area contributed by atoms with Gasteiger partial charge in [-0.15, -0.1) is 0 Å². The van der Waals surface area contributed by atoms with Crippen molar-refractivity contribution >= 4 is 31.1 Å². The molecule has 0 radical (unpaired) electrons. The van der Waals surface area contributed by atoms with Gasteiger partial charge in [0.15, 0.2) is 24.8 Å². The Morgan fingerprint density at radius 2 is 1.33 bits per heavy atom. The lowest BCUT2D eigenvalue weighted by atomic mass is 9.80. The second kappa shape index (κ2) is 14.3. The van der Waals surface area contributed by atoms with Crippen molar-refractivity contribution in [1.82, 2.24) is 0 Å². The molecule has 46 heavy (non-hydrogen) atoms. The smallest absolute Gasteiger partial charge is 0.396 e. The molecule has 2 fully saturated rings. The molecule has 0 aliphatic heterocycles. The Hall–Kier alpha value is -2.45. The lowest BCUT2D eigenvalue weighted by molar-refractivity contribution is -0.223. The van der Waals surface area contributed by atoms with Crippen molar-refractivity contribution in [3.63, 3.8) is 0 Å². The van der Waals surface area contributed by atoms with Crippen molar-refractivity contribution in [2.75, 3.05) is 0 Å². The molecule has 2 aliphatic rings. The van der Waals surface area contributed by atoms with E-state index in [0.29, 0.717) is 19.3 Å². The lowest BCUT2D eigenvalue weighted by Gasteiger charge is -2.42. The summed E-state index contributed by atoms with van der Waals surface area (Å²) in [6, 6.07) is 32.2. The summed E-state index contributed by atoms with van der Waals surface area (Å²) in [7, 11) is -11.0. The first-order chi connectivity index (χ1) is 21.6. The summed E-state index contributed by atoms with van der Waals surface area (Å²) in [6.45, 7) is 3.17. The number of rotatable bonds is 12. The van der Waals surface area contributed by atoms with Crippen molar-refractivity contribution in [1.29, 1.82) is 0 Å². The summed E-state index contributed by atoms with van der Waals surface area (Å²) in [4.78, 5) is 4.08. The van der Waals surface area contributed by atoms with Gasteiger partial charge in [-0.25, -0.2) is 8.42 Å². The van der Waals surface area contributed by atoms with Crippen LogP contribution in [0.3, 0.4) is 0 Å². The van der Waals surface area contributed by atoms with E-state index in [1.54, 1.807) is 0 Å². The van der Waals surface area contributed by atoms with Crippen LogP contribution in [0.1, 0.15) is 58.8 Å². The van der Waals surface area contributed by atoms with Gasteiger partial charge in [-0.05, 0) is 81.3 Å². The van der Waals surface area contributed by atoms with Gasteiger partial charge >= 0.3 is 11.2 Å². The summed E-state index contributed by atoms with van der Waals surface area (Å²) in [6.07, 6.45) is 0.823. The Morgan fingerprint density at radius 3 is 1.72 bits per heavy atom. The van der Waals surface area contributed by atoms with E-state index in [2.05, 4.69) is 91.0 Å². The minimum absolute atomic E-state index is 0.0146. The largest absolute Gasteiger partial charge is 0.743 e. The van der Waals surface area contributed by atoms with Gasteiger partial charge in [-0.3, -0.25) is 4.18 Å². The predicted octanol–water partition coefficient (Wildman–Crippen LogP) is 8.03. The highest BCUT2D eigenvalue weighted by Crippen LogP contribution is 2.62. The monoisotopic (exact) mass is 702 g/mol. The second-order valence-electron chi connectivity index (χ2n) is 11.8. The topological polar surface area (TPSA) is 101 Å². The fourth-order valence-corrected chi connectivity index (χ4v) is 10.1. The quantitative estimate of drug-likeness (QED) is 0.0820. The van der Waals surface area contributed by atoms with E-state index >= 15 is 0 Å². The van der Waals surface area contributed by atoms with Crippen LogP contribution in [0.15, 0.2) is 106 Å². The molecule has 13 heteroatoms. The molecule has 0 aromatic heterocycles. The van der Waals surface area contributed by atoms with Crippen molar-refractivity contribution in [3.8, 4) is 0 Å². The van der Waals surface area contributed by atoms with Gasteiger partial charge in [0.2, 0.25) is 0 Å². The molecule has 0 N–H and O–H groups in total. The molecule has 0 spiro atoms. The van der Waals surface area contributed by atoms with E-state index in [0.717, 1.165) is 0 Å². The SMILES string of the molecule is CCCCC(C)S(=O)(=O)OC12CCC(CC1C(F)(F)C(F)(F)S(=O)(=O)[O-])C2.c1ccc([S+](c2ccccc2)c2ccccc2)cc1. The average Bonchev–Trinajstić information content (AvgIpc) is 3.59. The summed E-state index contributed by atoms with van der Waals surface area (Å²) in [5, 5.41) is -6.88. The summed E-state index contributed by atoms with van der Waals surface area (Å²) in [5.41, 5.74) is -2.12. The fourth-order valence-electron chi connectivity index (χ4n) is 6.22. The number of halogens is 4. The minimum Gasteiger partial charge on any atom is -0.743 e. The predicted molar refractivity (Wildman–Crippen MR) is 168 cm³/mol. The fraction of sp³-hybridized carbons (Fsp3) is 0.455. The Bertz CT molecular complexity index is 1550. The van der Waals surface area contributed by atoms with Crippen LogP contribution >= 0.6 is 0 Å². The Balaban J connectivity index is 0.000000221. The van der Waals surface area contributed by atoms with Gasteiger partial charge in [0.1, 0.15) is 0 Å². The maximum Gasteiger partial charge on any atom is 0.396 e. The molecule has 3 aromatic carbocycles. The molecule has 252 valence electrons. The van der Waals surface area contributed by atoms with Gasteiger partial charge in [0, 0.05) is 0 Å². The highest BCUT2D eigenvalue weighted by molar-refractivity contribution is 7.97. The number of hydrogen-bond donors (Lipinski definition) is 0. The molecular formula is C33H38F4O6S3. The van der Waals surface area contributed by atoms with Gasteiger partial charge in [-0.1, -0.05) is 74.4 Å². The van der Waals surface area contributed by atoms with Gasteiger partial charge < -0.3 is 4.55 Å². The first-order valence-electron chi connectivity index (χ1n) is 15.1. The van der Waals surface area contributed by atoms with Crippen molar-refractivity contribution in [3.05, 3.63) is 91.0 Å². The zero-order chi connectivity index (χ0) is 33.8. The number of fused-ring (bicyclic) bond motifs is 2. The Labute approximate surface area is 271 Å². The van der Waals surface area contributed by atoms with Crippen molar-refractivity contribution in [2.45, 2.75) is 95.5 Å². The molecule has 4 atom stereocenters. The van der Waals surface area contributed by atoms with E-state index in [-0.39, 0.29) is 30.2 Å². The molecule has 6 nitrogen and oxygen atoms in total. The van der Waals surface area contributed by atoms with Gasteiger partial charge in [0.05, 0.1) is 27.7 Å². The maximum absolute atomic E-state index is 14.5. The number of benzene rings is 3. The first-order valence-corrected chi connectivity index (χ1v) is 19.2. The molecule has 5 rings (SSSR count). The van der Waals surface area contributed by atoms with Crippen LogP contribution in [-0.4, -0.2) is 43.4 Å². The van der Waals surface area contributed by atoms with Crippen LogP contribution < -0.4 is 0 Å². The molecule has 0 saturated heterocycles. The molecule has 0 amide bonds. The third kappa shape index (κ3) is 7.64. The highest BCUT2D eigenvalue weighted by Gasteiger charge is 2.74. The van der Waals surface area contributed by atoms with Crippen LogP contribution in [0.2, 0.25) is 0 Å². The Morgan fingerprint density at radius 1 is 0.870 bits per heavy atom. The van der Waals surface area contributed by atoms with E-state index in [1.165, 1.54) is 21.6 Å². The van der Waals surface area contributed by atoms with Crippen LogP contribution in [0.4, 0.5) is 17.6 Å². The molecular weight excluding hydrogens is 665 g/mol. The van der Waals surface area contributed by atoms with E-state index in [9.17, 15) is 39.0 Å². The molecule has 3 aromatic rings. The average molecular weight is 703 g/mol. The van der Waals surface area contributed by atoms with Crippen LogP contribution in [0.5, 0.6) is 0 Å².